The van der Waals surface area contributed by atoms with Gasteiger partial charge in [0.25, 0.3) is 0 Å². The number of aryl methyl sites for hydroxylation is 2. The lowest BCUT2D eigenvalue weighted by Crippen LogP contribution is -2.52. The molecule has 1 aliphatic rings. The molecule has 2 rings (SSSR count). The Hall–Kier alpha value is -1.37. The van der Waals surface area contributed by atoms with Crippen LogP contribution in [0.1, 0.15) is 24.1 Å². The molecule has 20 heavy (non-hydrogen) atoms. The standard InChI is InChI=1S/C13H19F3N4/c1-8-6-17-12(18-9(8)2)19-10-4-5-11(13(14,15)16)20(3)7-10/h6,10-11H,4-5,7H2,1-3H3,(H,17,18,19)/t10-,11+/m1/s1. The van der Waals surface area contributed by atoms with Crippen LogP contribution in [0.2, 0.25) is 0 Å². The zero-order chi connectivity index (χ0) is 14.9. The molecule has 0 amide bonds. The van der Waals surface area contributed by atoms with Crippen LogP contribution in [0, 0.1) is 13.8 Å². The predicted molar refractivity (Wildman–Crippen MR) is 70.6 cm³/mol. The van der Waals surface area contributed by atoms with E-state index >= 15 is 0 Å². The van der Waals surface area contributed by atoms with Crippen LogP contribution in [0.3, 0.4) is 0 Å². The SMILES string of the molecule is Cc1cnc(N[C@@H]2CC[C@@H](C(F)(F)F)N(C)C2)nc1C. The molecule has 1 aromatic heterocycles. The number of likely N-dealkylation sites (N-methyl/N-ethyl adjacent to an activating group) is 1. The van der Waals surface area contributed by atoms with E-state index in [2.05, 4.69) is 15.3 Å². The third-order valence-corrected chi connectivity index (χ3v) is 3.76. The second kappa shape index (κ2) is 5.55. The van der Waals surface area contributed by atoms with Gasteiger partial charge < -0.3 is 5.32 Å². The maximum absolute atomic E-state index is 12.8. The number of aromatic nitrogens is 2. The van der Waals surface area contributed by atoms with Crippen molar-refractivity contribution >= 4 is 5.95 Å². The van der Waals surface area contributed by atoms with Crippen LogP contribution < -0.4 is 5.32 Å². The zero-order valence-electron chi connectivity index (χ0n) is 11.8. The molecule has 1 aromatic rings. The summed E-state index contributed by atoms with van der Waals surface area (Å²) in [6.07, 6.45) is -1.88. The molecule has 0 spiro atoms. The number of nitrogens with one attached hydrogen (secondary N) is 1. The van der Waals surface area contributed by atoms with Crippen LogP contribution in [0.4, 0.5) is 19.1 Å². The Bertz CT molecular complexity index is 475. The number of alkyl halides is 3. The number of hydrogen-bond donors (Lipinski definition) is 1. The smallest absolute Gasteiger partial charge is 0.350 e. The van der Waals surface area contributed by atoms with Gasteiger partial charge in [-0.3, -0.25) is 4.90 Å². The molecule has 0 unspecified atom stereocenters. The van der Waals surface area contributed by atoms with Crippen LogP contribution in [0.25, 0.3) is 0 Å². The average Bonchev–Trinajstić information content (AvgIpc) is 2.32. The van der Waals surface area contributed by atoms with Gasteiger partial charge in [-0.15, -0.1) is 0 Å². The molecule has 1 aliphatic heterocycles. The largest absolute Gasteiger partial charge is 0.404 e. The highest BCUT2D eigenvalue weighted by atomic mass is 19.4. The highest BCUT2D eigenvalue weighted by Gasteiger charge is 2.44. The van der Waals surface area contributed by atoms with Gasteiger partial charge in [0, 0.05) is 24.5 Å². The Labute approximate surface area is 116 Å². The minimum atomic E-state index is -4.16. The molecule has 1 fully saturated rings. The van der Waals surface area contributed by atoms with E-state index in [4.69, 9.17) is 0 Å². The van der Waals surface area contributed by atoms with Crippen molar-refractivity contribution in [3.63, 3.8) is 0 Å². The molecule has 0 aromatic carbocycles. The molecule has 7 heteroatoms. The van der Waals surface area contributed by atoms with Crippen molar-refractivity contribution in [3.8, 4) is 0 Å². The molecule has 1 saturated heterocycles. The van der Waals surface area contributed by atoms with E-state index in [1.54, 1.807) is 6.20 Å². The molecule has 112 valence electrons. The fourth-order valence-electron chi connectivity index (χ4n) is 2.46. The van der Waals surface area contributed by atoms with Gasteiger partial charge >= 0.3 is 6.18 Å². The van der Waals surface area contributed by atoms with Gasteiger partial charge in [-0.2, -0.15) is 13.2 Å². The Morgan fingerprint density at radius 2 is 2.00 bits per heavy atom. The van der Waals surface area contributed by atoms with E-state index < -0.39 is 12.2 Å². The van der Waals surface area contributed by atoms with Gasteiger partial charge in [-0.1, -0.05) is 0 Å². The number of rotatable bonds is 2. The summed E-state index contributed by atoms with van der Waals surface area (Å²) in [5.74, 6) is 0.483. The van der Waals surface area contributed by atoms with Crippen LogP contribution in [-0.2, 0) is 0 Å². The van der Waals surface area contributed by atoms with E-state index in [0.717, 1.165) is 11.3 Å². The fraction of sp³-hybridized carbons (Fsp3) is 0.692. The minimum Gasteiger partial charge on any atom is -0.350 e. The van der Waals surface area contributed by atoms with Crippen molar-refractivity contribution in [2.75, 3.05) is 18.9 Å². The Morgan fingerprint density at radius 3 is 2.55 bits per heavy atom. The van der Waals surface area contributed by atoms with Crippen LogP contribution >= 0.6 is 0 Å². The van der Waals surface area contributed by atoms with E-state index in [-0.39, 0.29) is 12.5 Å². The first-order valence-electron chi connectivity index (χ1n) is 6.61. The number of hydrogen-bond acceptors (Lipinski definition) is 4. The summed E-state index contributed by atoms with van der Waals surface area (Å²) in [6, 6.07) is -1.40. The molecule has 4 nitrogen and oxygen atoms in total. The first kappa shape index (κ1) is 15.0. The van der Waals surface area contributed by atoms with Gasteiger partial charge in [-0.05, 0) is 39.3 Å². The highest BCUT2D eigenvalue weighted by Crippen LogP contribution is 2.31. The van der Waals surface area contributed by atoms with E-state index in [0.29, 0.717) is 18.9 Å². The van der Waals surface area contributed by atoms with Gasteiger partial charge in [-0.25, -0.2) is 9.97 Å². The van der Waals surface area contributed by atoms with E-state index in [9.17, 15) is 13.2 Å². The quantitative estimate of drug-likeness (QED) is 0.908. The summed E-state index contributed by atoms with van der Waals surface area (Å²) in [7, 11) is 1.51. The predicted octanol–water partition coefficient (Wildman–Crippen LogP) is 2.53. The second-order valence-electron chi connectivity index (χ2n) is 5.38. The van der Waals surface area contributed by atoms with Crippen molar-refractivity contribution in [3.05, 3.63) is 17.5 Å². The molecular formula is C13H19F3N4. The van der Waals surface area contributed by atoms with Gasteiger partial charge in [0.05, 0.1) is 0 Å². The number of nitrogens with zero attached hydrogens (tertiary/aromatic N) is 3. The molecule has 0 bridgehead atoms. The highest BCUT2D eigenvalue weighted by molar-refractivity contribution is 5.30. The number of anilines is 1. The lowest BCUT2D eigenvalue weighted by atomic mass is 9.98. The molecular weight excluding hydrogens is 269 g/mol. The third kappa shape index (κ3) is 3.39. The maximum Gasteiger partial charge on any atom is 0.404 e. The molecule has 2 heterocycles. The number of halogens is 3. The first-order valence-corrected chi connectivity index (χ1v) is 6.61. The van der Waals surface area contributed by atoms with E-state index in [1.165, 1.54) is 11.9 Å². The summed E-state index contributed by atoms with van der Waals surface area (Å²) < 4.78 is 38.3. The summed E-state index contributed by atoms with van der Waals surface area (Å²) in [6.45, 7) is 4.14. The van der Waals surface area contributed by atoms with Crippen molar-refractivity contribution in [2.24, 2.45) is 0 Å². The Morgan fingerprint density at radius 1 is 1.30 bits per heavy atom. The second-order valence-corrected chi connectivity index (χ2v) is 5.38. The normalized spacial score (nSPS) is 24.7. The third-order valence-electron chi connectivity index (χ3n) is 3.76. The number of likely N-dealkylation sites (tertiary alicyclic amines) is 1. The topological polar surface area (TPSA) is 41.1 Å². The van der Waals surface area contributed by atoms with Gasteiger partial charge in [0.2, 0.25) is 5.95 Å². The van der Waals surface area contributed by atoms with Crippen LogP contribution in [0.5, 0.6) is 0 Å². The van der Waals surface area contributed by atoms with Crippen molar-refractivity contribution in [1.82, 2.24) is 14.9 Å². The zero-order valence-corrected chi connectivity index (χ0v) is 11.8. The van der Waals surface area contributed by atoms with Crippen LogP contribution in [0.15, 0.2) is 6.20 Å². The van der Waals surface area contributed by atoms with Crippen molar-refractivity contribution in [2.45, 2.75) is 44.9 Å². The molecule has 2 atom stereocenters. The lowest BCUT2D eigenvalue weighted by molar-refractivity contribution is -0.187. The Balaban J connectivity index is 1.98. The molecule has 0 aliphatic carbocycles. The van der Waals surface area contributed by atoms with Gasteiger partial charge in [0.15, 0.2) is 0 Å². The summed E-state index contributed by atoms with van der Waals surface area (Å²) >= 11 is 0. The monoisotopic (exact) mass is 288 g/mol. The fourth-order valence-corrected chi connectivity index (χ4v) is 2.46. The summed E-state index contributed by atoms with van der Waals surface area (Å²) in [5, 5.41) is 3.12. The average molecular weight is 288 g/mol. The summed E-state index contributed by atoms with van der Waals surface area (Å²) in [4.78, 5) is 9.81. The minimum absolute atomic E-state index is 0.0549. The molecule has 0 saturated carbocycles. The Kier molecular flexibility index (Phi) is 4.17. The van der Waals surface area contributed by atoms with Crippen molar-refractivity contribution < 1.29 is 13.2 Å². The number of piperidine rings is 1. The van der Waals surface area contributed by atoms with Crippen molar-refractivity contribution in [1.29, 1.82) is 0 Å². The van der Waals surface area contributed by atoms with E-state index in [1.807, 2.05) is 13.8 Å². The maximum atomic E-state index is 12.8. The lowest BCUT2D eigenvalue weighted by Gasteiger charge is -2.38. The van der Waals surface area contributed by atoms with Crippen LogP contribution in [-0.4, -0.2) is 46.7 Å². The summed E-state index contributed by atoms with van der Waals surface area (Å²) in [5.41, 5.74) is 1.87. The molecule has 0 radical (unpaired) electrons. The molecule has 1 N–H and O–H groups in total. The van der Waals surface area contributed by atoms with Gasteiger partial charge in [0.1, 0.15) is 6.04 Å². The first-order chi connectivity index (χ1) is 9.27.